The predicted octanol–water partition coefficient (Wildman–Crippen LogP) is 15.2. The largest absolute Gasteiger partial charge is 0.456 e. The van der Waals surface area contributed by atoms with Crippen molar-refractivity contribution in [3.05, 3.63) is 174 Å². The Kier molecular flexibility index (Phi) is 7.21. The van der Waals surface area contributed by atoms with Crippen molar-refractivity contribution in [1.29, 1.82) is 0 Å². The monoisotopic (exact) mass is 725 g/mol. The van der Waals surface area contributed by atoms with Crippen molar-refractivity contribution in [3.8, 4) is 33.4 Å². The van der Waals surface area contributed by atoms with Gasteiger partial charge in [0.25, 0.3) is 0 Å². The van der Waals surface area contributed by atoms with Crippen molar-refractivity contribution in [3.63, 3.8) is 0 Å². The SMILES string of the molecule is CC1(C)CC(C)(C)c2cc3c(cc21)-c1c(N(c2cc(-c4ccccc4)ccc2-c2ccccc2)c2cccc4oc5ccccc5c24)cccc1C31CCCC1. The number of nitrogens with zero attached hydrogens (tertiary/aromatic N) is 1. The van der Waals surface area contributed by atoms with Gasteiger partial charge in [0.15, 0.2) is 0 Å². The highest BCUT2D eigenvalue weighted by molar-refractivity contribution is 6.15. The molecule has 0 saturated heterocycles. The van der Waals surface area contributed by atoms with E-state index in [2.05, 4.69) is 184 Å². The fourth-order valence-electron chi connectivity index (χ4n) is 11.4. The molecule has 8 aromatic rings. The normalized spacial score (nSPS) is 17.0. The number of rotatable bonds is 5. The zero-order valence-corrected chi connectivity index (χ0v) is 32.8. The molecule has 1 saturated carbocycles. The van der Waals surface area contributed by atoms with Crippen molar-refractivity contribution in [2.24, 2.45) is 0 Å². The lowest BCUT2D eigenvalue weighted by Gasteiger charge is -2.32. The third-order valence-corrected chi connectivity index (χ3v) is 13.6. The van der Waals surface area contributed by atoms with Gasteiger partial charge in [-0.3, -0.25) is 0 Å². The van der Waals surface area contributed by atoms with Gasteiger partial charge in [-0.1, -0.05) is 156 Å². The zero-order valence-electron chi connectivity index (χ0n) is 32.8. The lowest BCUT2D eigenvalue weighted by atomic mass is 9.75. The van der Waals surface area contributed by atoms with Gasteiger partial charge in [-0.15, -0.1) is 0 Å². The van der Waals surface area contributed by atoms with E-state index in [1.807, 2.05) is 0 Å². The van der Waals surface area contributed by atoms with E-state index in [4.69, 9.17) is 4.42 Å². The highest BCUT2D eigenvalue weighted by Crippen LogP contribution is 2.63. The maximum atomic E-state index is 6.61. The van der Waals surface area contributed by atoms with Crippen LogP contribution in [-0.4, -0.2) is 0 Å². The molecule has 2 heteroatoms. The van der Waals surface area contributed by atoms with Gasteiger partial charge < -0.3 is 9.32 Å². The number of fused-ring (bicyclic) bond motifs is 9. The summed E-state index contributed by atoms with van der Waals surface area (Å²) in [5.74, 6) is 0. The molecule has 0 aliphatic heterocycles. The maximum Gasteiger partial charge on any atom is 0.137 e. The summed E-state index contributed by atoms with van der Waals surface area (Å²) < 4.78 is 6.61. The molecule has 11 rings (SSSR count). The molecule has 1 spiro atoms. The Morgan fingerprint density at radius 2 is 1.11 bits per heavy atom. The van der Waals surface area contributed by atoms with E-state index < -0.39 is 0 Å². The Balaban J connectivity index is 1.28. The Morgan fingerprint density at radius 3 is 1.88 bits per heavy atom. The number of hydrogen-bond donors (Lipinski definition) is 0. The second-order valence-corrected chi connectivity index (χ2v) is 17.9. The minimum Gasteiger partial charge on any atom is -0.456 e. The molecule has 2 nitrogen and oxygen atoms in total. The first-order valence-corrected chi connectivity index (χ1v) is 20.5. The molecule has 7 aromatic carbocycles. The second kappa shape index (κ2) is 12.1. The average molecular weight is 726 g/mol. The van der Waals surface area contributed by atoms with Crippen LogP contribution in [0.1, 0.15) is 82.1 Å². The molecule has 0 amide bonds. The van der Waals surface area contributed by atoms with Gasteiger partial charge in [-0.2, -0.15) is 0 Å². The van der Waals surface area contributed by atoms with Crippen LogP contribution in [0.5, 0.6) is 0 Å². The van der Waals surface area contributed by atoms with E-state index in [1.165, 1.54) is 75.9 Å². The van der Waals surface area contributed by atoms with Gasteiger partial charge in [0.2, 0.25) is 0 Å². The standard InChI is InChI=1S/C54H47NO/c1-52(2)34-53(3,4)44-33-42-40(32-43(44)52)50-41(54(42)29-13-14-30-54)22-15-23-45(50)55(46-24-16-26-49-51(46)39-21-11-12-25-48(39)56-49)47-31-37(35-17-7-5-8-18-35)27-28-38(47)36-19-9-6-10-20-36/h5-12,15-28,31-33H,13-14,29-30,34H2,1-4H3. The highest BCUT2D eigenvalue weighted by atomic mass is 16.3. The topological polar surface area (TPSA) is 16.4 Å². The van der Waals surface area contributed by atoms with Crippen molar-refractivity contribution >= 4 is 39.0 Å². The first kappa shape index (κ1) is 33.5. The van der Waals surface area contributed by atoms with Crippen molar-refractivity contribution in [2.45, 2.75) is 76.0 Å². The Bertz CT molecular complexity index is 2830. The zero-order chi connectivity index (χ0) is 37.8. The van der Waals surface area contributed by atoms with Crippen LogP contribution >= 0.6 is 0 Å². The van der Waals surface area contributed by atoms with Crippen LogP contribution in [0.2, 0.25) is 0 Å². The smallest absolute Gasteiger partial charge is 0.137 e. The molecule has 1 heterocycles. The first-order chi connectivity index (χ1) is 27.2. The fraction of sp³-hybridized carbons (Fsp3) is 0.222. The molecule has 0 unspecified atom stereocenters. The summed E-state index contributed by atoms with van der Waals surface area (Å²) in [5.41, 5.74) is 19.3. The number of benzene rings is 7. The number of hydrogen-bond acceptors (Lipinski definition) is 2. The molecule has 56 heavy (non-hydrogen) atoms. The molecule has 0 atom stereocenters. The number of anilines is 3. The number of furan rings is 1. The van der Waals surface area contributed by atoms with E-state index in [9.17, 15) is 0 Å². The Morgan fingerprint density at radius 1 is 0.464 bits per heavy atom. The molecule has 3 aliphatic rings. The number of para-hydroxylation sites is 1. The second-order valence-electron chi connectivity index (χ2n) is 17.9. The van der Waals surface area contributed by atoms with Crippen molar-refractivity contribution in [2.75, 3.05) is 4.90 Å². The molecule has 0 bridgehead atoms. The van der Waals surface area contributed by atoms with Gasteiger partial charge in [-0.05, 0) is 111 Å². The van der Waals surface area contributed by atoms with E-state index in [-0.39, 0.29) is 16.2 Å². The van der Waals surface area contributed by atoms with Crippen LogP contribution in [0.3, 0.4) is 0 Å². The predicted molar refractivity (Wildman–Crippen MR) is 235 cm³/mol. The summed E-state index contributed by atoms with van der Waals surface area (Å²) in [6.07, 6.45) is 6.07. The summed E-state index contributed by atoms with van der Waals surface area (Å²) in [7, 11) is 0. The summed E-state index contributed by atoms with van der Waals surface area (Å²) >= 11 is 0. The summed E-state index contributed by atoms with van der Waals surface area (Å²) in [5, 5.41) is 2.26. The molecule has 274 valence electrons. The van der Waals surface area contributed by atoms with Crippen LogP contribution in [0.25, 0.3) is 55.3 Å². The third kappa shape index (κ3) is 4.81. The highest BCUT2D eigenvalue weighted by Gasteiger charge is 2.50. The minimum atomic E-state index is 0.0205. The van der Waals surface area contributed by atoms with E-state index >= 15 is 0 Å². The van der Waals surface area contributed by atoms with E-state index in [0.717, 1.165) is 39.7 Å². The minimum absolute atomic E-state index is 0.0205. The van der Waals surface area contributed by atoms with E-state index in [0.29, 0.717) is 0 Å². The summed E-state index contributed by atoms with van der Waals surface area (Å²) in [6, 6.07) is 56.4. The first-order valence-electron chi connectivity index (χ1n) is 20.5. The molecular weight excluding hydrogens is 679 g/mol. The summed E-state index contributed by atoms with van der Waals surface area (Å²) in [6.45, 7) is 9.84. The third-order valence-electron chi connectivity index (χ3n) is 13.6. The van der Waals surface area contributed by atoms with Crippen LogP contribution in [0, 0.1) is 0 Å². The molecule has 3 aliphatic carbocycles. The van der Waals surface area contributed by atoms with E-state index in [1.54, 1.807) is 11.1 Å². The van der Waals surface area contributed by atoms with Gasteiger partial charge in [0.1, 0.15) is 11.2 Å². The fourth-order valence-corrected chi connectivity index (χ4v) is 11.4. The molecule has 0 N–H and O–H groups in total. The quantitative estimate of drug-likeness (QED) is 0.176. The van der Waals surface area contributed by atoms with Crippen LogP contribution < -0.4 is 4.90 Å². The van der Waals surface area contributed by atoms with Gasteiger partial charge in [-0.25, -0.2) is 0 Å². The lowest BCUT2D eigenvalue weighted by Crippen LogP contribution is -2.22. The van der Waals surface area contributed by atoms with Gasteiger partial charge >= 0.3 is 0 Å². The Hall–Kier alpha value is -5.86. The van der Waals surface area contributed by atoms with Crippen LogP contribution in [0.4, 0.5) is 17.1 Å². The summed E-state index contributed by atoms with van der Waals surface area (Å²) in [4.78, 5) is 2.60. The van der Waals surface area contributed by atoms with Crippen molar-refractivity contribution < 1.29 is 4.42 Å². The van der Waals surface area contributed by atoms with Gasteiger partial charge in [0.05, 0.1) is 22.4 Å². The molecule has 0 radical (unpaired) electrons. The lowest BCUT2D eigenvalue weighted by molar-refractivity contribution is 0.403. The van der Waals surface area contributed by atoms with Crippen molar-refractivity contribution in [1.82, 2.24) is 0 Å². The van der Waals surface area contributed by atoms with Gasteiger partial charge in [0, 0.05) is 21.9 Å². The average Bonchev–Trinajstić information content (AvgIpc) is 3.97. The van der Waals surface area contributed by atoms with Crippen LogP contribution in [-0.2, 0) is 16.2 Å². The van der Waals surface area contributed by atoms with Crippen LogP contribution in [0.15, 0.2) is 156 Å². The maximum absolute atomic E-state index is 6.61. The molecular formula is C54H47NO. The molecule has 1 fully saturated rings. The molecule has 1 aromatic heterocycles. The Labute approximate surface area is 330 Å².